The molecule has 0 aliphatic carbocycles. The van der Waals surface area contributed by atoms with Crippen molar-refractivity contribution in [1.29, 1.82) is 0 Å². The highest BCUT2D eigenvalue weighted by molar-refractivity contribution is 5.72. The molecule has 0 saturated carbocycles. The quantitative estimate of drug-likeness (QED) is 0.481. The average molecular weight is 335 g/mol. The molecule has 0 aromatic carbocycles. The lowest BCUT2D eigenvalue weighted by Crippen LogP contribution is -2.22. The fourth-order valence-corrected chi connectivity index (χ4v) is 1.45. The monoisotopic (exact) mass is 335 g/mol. The van der Waals surface area contributed by atoms with Gasteiger partial charge in [-0.05, 0) is 6.92 Å². The maximum atomic E-state index is 13.4. The highest BCUT2D eigenvalue weighted by Gasteiger charge is 2.43. The van der Waals surface area contributed by atoms with Crippen LogP contribution in [0.3, 0.4) is 0 Å². The van der Waals surface area contributed by atoms with E-state index in [4.69, 9.17) is 0 Å². The van der Waals surface area contributed by atoms with Crippen molar-refractivity contribution >= 4 is 5.97 Å². The molecule has 0 fully saturated rings. The molecule has 0 atom stereocenters. The van der Waals surface area contributed by atoms with E-state index in [-0.39, 0.29) is 12.7 Å². The van der Waals surface area contributed by atoms with Gasteiger partial charge in [0.2, 0.25) is 5.95 Å². The van der Waals surface area contributed by atoms with Gasteiger partial charge in [-0.15, -0.1) is 13.2 Å². The minimum atomic E-state index is -5.48. The van der Waals surface area contributed by atoms with Gasteiger partial charge in [-0.3, -0.25) is 4.79 Å². The first-order valence-corrected chi connectivity index (χ1v) is 5.62. The third-order valence-electron chi connectivity index (χ3n) is 2.13. The molecule has 22 heavy (non-hydrogen) atoms. The molecule has 1 aromatic heterocycles. The first-order valence-electron chi connectivity index (χ1n) is 5.62. The van der Waals surface area contributed by atoms with Crippen LogP contribution in [0.2, 0.25) is 0 Å². The largest absolute Gasteiger partial charge is 0.573 e. The summed E-state index contributed by atoms with van der Waals surface area (Å²) in [6, 6.07) is 0.191. The first-order chi connectivity index (χ1) is 9.94. The van der Waals surface area contributed by atoms with Crippen LogP contribution >= 0.6 is 0 Å². The normalized spacial score (nSPS) is 12.2. The van der Waals surface area contributed by atoms with Crippen LogP contribution in [0.5, 0.6) is 5.75 Å². The number of hydrogen-bond donors (Lipinski definition) is 0. The molecule has 0 unspecified atom stereocenters. The number of carbonyl (C=O) groups excluding carboxylic acids is 1. The zero-order valence-corrected chi connectivity index (χ0v) is 10.8. The Hall–Kier alpha value is -2.07. The molecule has 0 aliphatic heterocycles. The Kier molecular flexibility index (Phi) is 5.20. The van der Waals surface area contributed by atoms with Gasteiger partial charge >= 0.3 is 18.5 Å². The molecule has 1 heterocycles. The van der Waals surface area contributed by atoms with E-state index >= 15 is 0 Å². The summed E-state index contributed by atoms with van der Waals surface area (Å²) in [4.78, 5) is 13.9. The third-order valence-corrected chi connectivity index (χ3v) is 2.13. The second-order valence-corrected chi connectivity index (χ2v) is 3.80. The molecule has 0 N–H and O–H groups in total. The van der Waals surface area contributed by atoms with Gasteiger partial charge in [0.1, 0.15) is 5.75 Å². The highest BCUT2D eigenvalue weighted by Crippen LogP contribution is 2.40. The Labute approximate surface area is 118 Å². The van der Waals surface area contributed by atoms with Gasteiger partial charge in [0.05, 0.1) is 18.7 Å². The Morgan fingerprint density at radius 1 is 1.23 bits per heavy atom. The molecular weight excluding hydrogens is 327 g/mol. The number of carbonyl (C=O) groups is 1. The molecule has 1 aromatic rings. The van der Waals surface area contributed by atoms with Crippen LogP contribution in [0.25, 0.3) is 0 Å². The number of aromatic nitrogens is 1. The fourth-order valence-electron chi connectivity index (χ4n) is 1.45. The lowest BCUT2D eigenvalue weighted by atomic mass is 10.2. The number of halogens is 7. The molecule has 124 valence electrons. The van der Waals surface area contributed by atoms with E-state index in [0.29, 0.717) is 0 Å². The maximum absolute atomic E-state index is 13.4. The Balaban J connectivity index is 3.28. The van der Waals surface area contributed by atoms with Crippen molar-refractivity contribution in [3.63, 3.8) is 0 Å². The van der Waals surface area contributed by atoms with Crippen LogP contribution in [0.15, 0.2) is 6.07 Å². The van der Waals surface area contributed by atoms with Crippen molar-refractivity contribution in [3.05, 3.63) is 23.3 Å². The molecule has 0 saturated heterocycles. The number of alkyl halides is 6. The molecule has 0 bridgehead atoms. The summed E-state index contributed by atoms with van der Waals surface area (Å²) in [7, 11) is 0. The Morgan fingerprint density at radius 2 is 1.82 bits per heavy atom. The topological polar surface area (TPSA) is 48.4 Å². The maximum Gasteiger partial charge on any atom is 0.573 e. The van der Waals surface area contributed by atoms with E-state index in [9.17, 15) is 35.5 Å². The van der Waals surface area contributed by atoms with Crippen molar-refractivity contribution in [1.82, 2.24) is 4.98 Å². The van der Waals surface area contributed by atoms with Crippen molar-refractivity contribution < 1.29 is 45.0 Å². The number of nitrogens with zero attached hydrogens (tertiary/aromatic N) is 1. The molecule has 0 radical (unpaired) electrons. The van der Waals surface area contributed by atoms with Crippen molar-refractivity contribution in [3.8, 4) is 5.75 Å². The summed E-state index contributed by atoms with van der Waals surface area (Å²) in [6.45, 7) is 1.35. The predicted molar refractivity (Wildman–Crippen MR) is 56.2 cm³/mol. The second-order valence-electron chi connectivity index (χ2n) is 3.80. The van der Waals surface area contributed by atoms with Gasteiger partial charge < -0.3 is 9.47 Å². The van der Waals surface area contributed by atoms with Gasteiger partial charge in [-0.1, -0.05) is 0 Å². The van der Waals surface area contributed by atoms with E-state index in [0.717, 1.165) is 0 Å². The second kappa shape index (κ2) is 6.36. The van der Waals surface area contributed by atoms with Gasteiger partial charge in [-0.25, -0.2) is 4.98 Å². The predicted octanol–water partition coefficient (Wildman–Crippen LogP) is 3.24. The summed E-state index contributed by atoms with van der Waals surface area (Å²) < 4.78 is 95.1. The molecule has 0 spiro atoms. The number of hydrogen-bond acceptors (Lipinski definition) is 4. The summed E-state index contributed by atoms with van der Waals surface area (Å²) in [6.07, 6.45) is -11.7. The van der Waals surface area contributed by atoms with Crippen LogP contribution in [-0.2, 0) is 22.1 Å². The van der Waals surface area contributed by atoms with Gasteiger partial charge in [0.15, 0.2) is 5.56 Å². The lowest BCUT2D eigenvalue weighted by molar-refractivity contribution is -0.276. The van der Waals surface area contributed by atoms with Gasteiger partial charge in [0.25, 0.3) is 0 Å². The molecule has 11 heteroatoms. The minimum absolute atomic E-state index is 0.0755. The van der Waals surface area contributed by atoms with Crippen LogP contribution < -0.4 is 4.74 Å². The van der Waals surface area contributed by atoms with E-state index < -0.39 is 47.9 Å². The SMILES string of the molecule is CCOC(=O)Cc1cc(OC(F)(F)F)c(C(F)(F)F)c(F)n1. The van der Waals surface area contributed by atoms with E-state index in [2.05, 4.69) is 14.5 Å². The van der Waals surface area contributed by atoms with Crippen LogP contribution in [0.4, 0.5) is 30.7 Å². The van der Waals surface area contributed by atoms with Crippen molar-refractivity contribution in [2.45, 2.75) is 25.9 Å². The third kappa shape index (κ3) is 5.04. The molecular formula is C11H8F7NO3. The van der Waals surface area contributed by atoms with Crippen LogP contribution in [0.1, 0.15) is 18.2 Å². The number of rotatable bonds is 4. The van der Waals surface area contributed by atoms with Crippen molar-refractivity contribution in [2.75, 3.05) is 6.61 Å². The van der Waals surface area contributed by atoms with Crippen LogP contribution in [-0.4, -0.2) is 23.9 Å². The van der Waals surface area contributed by atoms with E-state index in [1.807, 2.05) is 0 Å². The van der Waals surface area contributed by atoms with Gasteiger partial charge in [-0.2, -0.15) is 17.6 Å². The first kappa shape index (κ1) is 18.0. The molecule has 4 nitrogen and oxygen atoms in total. The van der Waals surface area contributed by atoms with Crippen molar-refractivity contribution in [2.24, 2.45) is 0 Å². The Morgan fingerprint density at radius 3 is 2.27 bits per heavy atom. The standard InChI is InChI=1S/C11H8F7NO3/c1-2-21-7(20)4-5-3-6(22-11(16,17)18)8(9(12)19-5)10(13,14)15/h3H,2,4H2,1H3. The summed E-state index contributed by atoms with van der Waals surface area (Å²) >= 11 is 0. The summed E-state index contributed by atoms with van der Waals surface area (Å²) in [5.41, 5.74) is -3.00. The summed E-state index contributed by atoms with van der Waals surface area (Å²) in [5.74, 6) is -5.05. The van der Waals surface area contributed by atoms with Gasteiger partial charge in [0, 0.05) is 6.07 Å². The molecule has 1 rings (SSSR count). The lowest BCUT2D eigenvalue weighted by Gasteiger charge is -2.16. The van der Waals surface area contributed by atoms with E-state index in [1.165, 1.54) is 6.92 Å². The molecule has 0 amide bonds. The average Bonchev–Trinajstić information content (AvgIpc) is 2.23. The van der Waals surface area contributed by atoms with Crippen LogP contribution in [0, 0.1) is 5.95 Å². The highest BCUT2D eigenvalue weighted by atomic mass is 19.4. The number of ether oxygens (including phenoxy) is 2. The smallest absolute Gasteiger partial charge is 0.466 e. The fraction of sp³-hybridized carbons (Fsp3) is 0.455. The number of esters is 1. The van der Waals surface area contributed by atoms with E-state index in [1.54, 1.807) is 0 Å². The Bertz CT molecular complexity index is 554. The number of pyridine rings is 1. The molecule has 0 aliphatic rings. The minimum Gasteiger partial charge on any atom is -0.466 e. The zero-order chi connectivity index (χ0) is 17.1. The summed E-state index contributed by atoms with van der Waals surface area (Å²) in [5, 5.41) is 0. The zero-order valence-electron chi connectivity index (χ0n) is 10.8.